The first-order valence-electron chi connectivity index (χ1n) is 15.9. The topological polar surface area (TPSA) is 188 Å². The molecule has 2 amide bonds. The fraction of sp³-hybridized carbons (Fsp3) is 0.333. The number of rotatable bonds is 11. The van der Waals surface area contributed by atoms with Crippen molar-refractivity contribution in [1.29, 1.82) is 0 Å². The van der Waals surface area contributed by atoms with Gasteiger partial charge in [-0.05, 0) is 63.8 Å². The number of ether oxygens (including phenoxy) is 2. The fourth-order valence-corrected chi connectivity index (χ4v) is 5.56. The van der Waals surface area contributed by atoms with Crippen LogP contribution in [0.15, 0.2) is 45.4 Å². The number of anilines is 2. The first kappa shape index (κ1) is 38.2. The van der Waals surface area contributed by atoms with Gasteiger partial charge >= 0.3 is 0 Å². The molecule has 2 aromatic carbocycles. The second-order valence-corrected chi connectivity index (χ2v) is 11.8. The van der Waals surface area contributed by atoms with Crippen molar-refractivity contribution in [3.05, 3.63) is 59.0 Å². The van der Waals surface area contributed by atoms with Crippen LogP contribution in [0.2, 0.25) is 0 Å². The first-order valence-corrected chi connectivity index (χ1v) is 16.5. The summed E-state index contributed by atoms with van der Waals surface area (Å²) in [5.41, 5.74) is 5.52. The third-order valence-corrected chi connectivity index (χ3v) is 8.28. The largest absolute Gasteiger partial charge is 0.495 e. The van der Waals surface area contributed by atoms with Gasteiger partial charge in [0.05, 0.1) is 38.0 Å². The quantitative estimate of drug-likeness (QED) is 0.148. The van der Waals surface area contributed by atoms with Crippen LogP contribution in [0.4, 0.5) is 11.4 Å². The van der Waals surface area contributed by atoms with Crippen molar-refractivity contribution < 1.29 is 47.3 Å². The van der Waals surface area contributed by atoms with E-state index in [1.165, 1.54) is 33.0 Å². The van der Waals surface area contributed by atoms with Crippen LogP contribution < -0.4 is 19.7 Å². The lowest BCUT2D eigenvalue weighted by Crippen LogP contribution is -2.27. The molecule has 0 spiro atoms. The van der Waals surface area contributed by atoms with Gasteiger partial charge in [0.15, 0.2) is 0 Å². The van der Waals surface area contributed by atoms with Gasteiger partial charge in [-0.2, -0.15) is 0 Å². The second kappa shape index (κ2) is 17.9. The summed E-state index contributed by atoms with van der Waals surface area (Å²) in [6, 6.07) is 10.5. The summed E-state index contributed by atoms with van der Waals surface area (Å²) in [7, 11) is 3.01. The Morgan fingerprint density at radius 1 is 0.824 bits per heavy atom. The summed E-state index contributed by atoms with van der Waals surface area (Å²) in [5.74, 6) is 1.65. The van der Waals surface area contributed by atoms with E-state index in [4.69, 9.17) is 30.1 Å². The summed E-state index contributed by atoms with van der Waals surface area (Å²) in [6.07, 6.45) is 5.25. The zero-order valence-electron chi connectivity index (χ0n) is 28.6. The molecule has 0 saturated heterocycles. The van der Waals surface area contributed by atoms with Crippen LogP contribution in [0.25, 0.3) is 22.5 Å². The molecule has 2 aliphatic rings. The highest BCUT2D eigenvalue weighted by Crippen LogP contribution is 2.37. The number of carbonyl (C=O) groups excluding carboxylic acids is 6. The Bertz CT molecular complexity index is 1930. The van der Waals surface area contributed by atoms with E-state index in [9.17, 15) is 28.8 Å². The second-order valence-electron chi connectivity index (χ2n) is 11.6. The zero-order valence-corrected chi connectivity index (χ0v) is 29.3. The average Bonchev–Trinajstić information content (AvgIpc) is 3.78. The highest BCUT2D eigenvalue weighted by Gasteiger charge is 2.28. The van der Waals surface area contributed by atoms with Crippen molar-refractivity contribution in [2.75, 3.05) is 36.9 Å². The van der Waals surface area contributed by atoms with E-state index in [0.29, 0.717) is 71.4 Å². The van der Waals surface area contributed by atoms with Crippen LogP contribution >= 0.6 is 11.6 Å². The highest BCUT2D eigenvalue weighted by molar-refractivity contribution is 6.27. The minimum Gasteiger partial charge on any atom is -0.495 e. The van der Waals surface area contributed by atoms with Crippen molar-refractivity contribution in [2.45, 2.75) is 52.4 Å². The number of aromatic nitrogens is 2. The third kappa shape index (κ3) is 9.14. The van der Waals surface area contributed by atoms with Crippen molar-refractivity contribution in [3.8, 4) is 34.0 Å². The molecule has 268 valence electrons. The molecule has 0 radical (unpaired) electrons. The molecular formula is C36H37ClN4O10. The van der Waals surface area contributed by atoms with Gasteiger partial charge in [-0.25, -0.2) is 0 Å². The number of amides is 2. The van der Waals surface area contributed by atoms with Crippen molar-refractivity contribution in [1.82, 2.24) is 10.3 Å². The number of nitrogens with one attached hydrogen (secondary N) is 1. The van der Waals surface area contributed by atoms with E-state index in [-0.39, 0.29) is 35.6 Å². The van der Waals surface area contributed by atoms with Gasteiger partial charge in [0, 0.05) is 35.1 Å². The summed E-state index contributed by atoms with van der Waals surface area (Å²) < 4.78 is 21.1. The maximum Gasteiger partial charge on any atom is 0.214 e. The number of Topliss-reactive ketones (excluding diaryl/α,β-unsaturated/α-hetero) is 4. The van der Waals surface area contributed by atoms with Crippen LogP contribution in [0.3, 0.4) is 0 Å². The molecule has 0 fully saturated rings. The zero-order chi connectivity index (χ0) is 37.1. The van der Waals surface area contributed by atoms with Crippen LogP contribution in [-0.4, -0.2) is 72.9 Å². The molecule has 0 unspecified atom stereocenters. The molecule has 51 heavy (non-hydrogen) atoms. The lowest BCUT2D eigenvalue weighted by Gasteiger charge is -2.19. The van der Waals surface area contributed by atoms with Crippen LogP contribution in [0.5, 0.6) is 11.5 Å². The molecule has 0 atom stereocenters. The number of carbonyl (C=O) groups is 6. The molecular weight excluding hydrogens is 684 g/mol. The van der Waals surface area contributed by atoms with Crippen LogP contribution in [-0.2, 0) is 32.0 Å². The van der Waals surface area contributed by atoms with E-state index in [1.807, 2.05) is 6.07 Å². The Kier molecular flexibility index (Phi) is 13.4. The predicted molar refractivity (Wildman–Crippen MR) is 187 cm³/mol. The lowest BCUT2D eigenvalue weighted by molar-refractivity contribution is -0.117. The number of nitrogens with zero attached hydrogens (tertiary/aromatic N) is 3. The van der Waals surface area contributed by atoms with E-state index < -0.39 is 0 Å². The molecule has 2 heterocycles. The molecule has 15 heteroatoms. The van der Waals surface area contributed by atoms with Gasteiger partial charge in [0.2, 0.25) is 35.9 Å². The number of hydrogen-bond acceptors (Lipinski definition) is 12. The Labute approximate surface area is 298 Å². The molecule has 0 saturated carbocycles. The van der Waals surface area contributed by atoms with Crippen molar-refractivity contribution in [2.24, 2.45) is 0 Å². The predicted octanol–water partition coefficient (Wildman–Crippen LogP) is 5.67. The number of alkyl halides is 1. The SMILES string of the molecule is CC(=O)CCl.COc1cc(-c2noc3c2CCCC3=O)ccc1N(C=O)CC(C)=O.COc1cc(-c2noc3c2CCCC3=O)ccc1NC=O. The summed E-state index contributed by atoms with van der Waals surface area (Å²) in [6.45, 7) is 2.83. The first-order chi connectivity index (χ1) is 24.6. The Hall–Kier alpha value is -5.63. The molecule has 2 aliphatic carbocycles. The van der Waals surface area contributed by atoms with Crippen LogP contribution in [0.1, 0.15) is 71.8 Å². The highest BCUT2D eigenvalue weighted by atomic mass is 35.5. The van der Waals surface area contributed by atoms with Crippen LogP contribution in [0, 0.1) is 0 Å². The average molecular weight is 721 g/mol. The minimum atomic E-state index is -0.137. The van der Waals surface area contributed by atoms with E-state index in [0.717, 1.165) is 47.9 Å². The van der Waals surface area contributed by atoms with Gasteiger partial charge in [-0.15, -0.1) is 11.6 Å². The van der Waals surface area contributed by atoms with E-state index in [2.05, 4.69) is 15.6 Å². The number of fused-ring (bicyclic) bond motifs is 2. The number of hydrogen-bond donors (Lipinski definition) is 1. The van der Waals surface area contributed by atoms with Gasteiger partial charge in [-0.3, -0.25) is 28.8 Å². The summed E-state index contributed by atoms with van der Waals surface area (Å²) in [4.78, 5) is 67.8. The van der Waals surface area contributed by atoms with E-state index in [1.54, 1.807) is 30.3 Å². The molecule has 1 N–H and O–H groups in total. The number of methoxy groups -OCH3 is 2. The normalized spacial score (nSPS) is 12.9. The monoisotopic (exact) mass is 720 g/mol. The molecule has 0 bridgehead atoms. The van der Waals surface area contributed by atoms with Gasteiger partial charge in [-0.1, -0.05) is 22.4 Å². The number of ketones is 4. The molecule has 14 nitrogen and oxygen atoms in total. The standard InChI is InChI=1S/C18H18N2O5.C15H14N2O4.C3H5ClO/c1-11(22)9-20(10-21)14-7-6-12(8-16(14)24-2)17-13-4-3-5-15(23)18(13)25-19-17;1-20-13-7-9(5-6-11(13)16-8-18)14-10-3-2-4-12(19)15(10)21-17-14;1-3(5)2-4/h6-8,10H,3-5,9H2,1-2H3;5-8H,2-4H2,1H3,(H,16,18);2H2,1H3. The van der Waals surface area contributed by atoms with E-state index >= 15 is 0 Å². The molecule has 6 rings (SSSR count). The molecule has 2 aromatic heterocycles. The van der Waals surface area contributed by atoms with Gasteiger partial charge in [0.25, 0.3) is 0 Å². The number of halogens is 1. The minimum absolute atomic E-state index is 0.00112. The van der Waals surface area contributed by atoms with Gasteiger partial charge in [0.1, 0.15) is 34.5 Å². The molecule has 0 aliphatic heterocycles. The number of benzene rings is 2. The molecule has 4 aromatic rings. The Balaban J connectivity index is 0.000000204. The fourth-order valence-electron chi connectivity index (χ4n) is 5.56. The lowest BCUT2D eigenvalue weighted by atomic mass is 9.93. The Morgan fingerprint density at radius 2 is 1.33 bits per heavy atom. The van der Waals surface area contributed by atoms with Crippen molar-refractivity contribution in [3.63, 3.8) is 0 Å². The Morgan fingerprint density at radius 3 is 1.78 bits per heavy atom. The summed E-state index contributed by atoms with van der Waals surface area (Å²) in [5, 5.41) is 10.6. The smallest absolute Gasteiger partial charge is 0.214 e. The van der Waals surface area contributed by atoms with Crippen molar-refractivity contribution >= 4 is 58.9 Å². The maximum absolute atomic E-state index is 11.9. The maximum atomic E-state index is 11.9. The third-order valence-electron chi connectivity index (χ3n) is 7.90. The van der Waals surface area contributed by atoms with Gasteiger partial charge < -0.3 is 28.7 Å². The summed E-state index contributed by atoms with van der Waals surface area (Å²) >= 11 is 4.99.